The van der Waals surface area contributed by atoms with Gasteiger partial charge in [0.15, 0.2) is 0 Å². The molecule has 6 nitrogen and oxygen atoms in total. The molecular formula is C28H27FN2O4. The van der Waals surface area contributed by atoms with Crippen LogP contribution in [0.2, 0.25) is 0 Å². The third-order valence-corrected chi connectivity index (χ3v) is 6.11. The highest BCUT2D eigenvalue weighted by atomic mass is 19.1. The van der Waals surface area contributed by atoms with Crippen LogP contribution in [0.3, 0.4) is 0 Å². The maximum Gasteiger partial charge on any atom is 0.303 e. The van der Waals surface area contributed by atoms with E-state index in [9.17, 15) is 14.0 Å². The molecule has 0 fully saturated rings. The maximum atomic E-state index is 13.6. The molecule has 4 rings (SSSR count). The topological polar surface area (TPSA) is 91.4 Å². The number of amides is 1. The summed E-state index contributed by atoms with van der Waals surface area (Å²) in [7, 11) is 0. The molecule has 0 spiro atoms. The molecule has 0 saturated heterocycles. The lowest BCUT2D eigenvalue weighted by atomic mass is 10.0. The van der Waals surface area contributed by atoms with Gasteiger partial charge in [0.25, 0.3) is 5.91 Å². The van der Waals surface area contributed by atoms with E-state index in [2.05, 4.69) is 10.3 Å². The largest absolute Gasteiger partial charge is 0.481 e. The lowest BCUT2D eigenvalue weighted by molar-refractivity contribution is -0.136. The van der Waals surface area contributed by atoms with Crippen molar-refractivity contribution < 1.29 is 23.8 Å². The molecule has 180 valence electrons. The van der Waals surface area contributed by atoms with Crippen molar-refractivity contribution in [2.24, 2.45) is 0 Å². The van der Waals surface area contributed by atoms with Crippen LogP contribution in [0.4, 0.5) is 4.39 Å². The molecule has 0 aliphatic rings. The quantitative estimate of drug-likeness (QED) is 0.283. The van der Waals surface area contributed by atoms with Gasteiger partial charge in [-0.15, -0.1) is 0 Å². The van der Waals surface area contributed by atoms with Gasteiger partial charge in [0, 0.05) is 17.3 Å². The van der Waals surface area contributed by atoms with Gasteiger partial charge >= 0.3 is 5.97 Å². The minimum atomic E-state index is -0.823. The number of aromatic nitrogens is 1. The first kappa shape index (κ1) is 24.0. The number of carbonyl (C=O) groups is 2. The molecule has 1 amide bonds. The number of carbonyl (C=O) groups excluding carboxylic acids is 1. The lowest BCUT2D eigenvalue weighted by Gasteiger charge is -2.16. The number of nitrogens with one attached hydrogen (secondary N) is 2. The van der Waals surface area contributed by atoms with Crippen LogP contribution in [0.25, 0.3) is 10.9 Å². The van der Waals surface area contributed by atoms with Crippen LogP contribution in [-0.2, 0) is 11.2 Å². The maximum absolute atomic E-state index is 13.6. The Labute approximate surface area is 202 Å². The van der Waals surface area contributed by atoms with Gasteiger partial charge < -0.3 is 20.1 Å². The molecule has 3 aromatic carbocycles. The van der Waals surface area contributed by atoms with Gasteiger partial charge in [-0.2, -0.15) is 0 Å². The number of ether oxygens (including phenoxy) is 1. The molecule has 1 atom stereocenters. The van der Waals surface area contributed by atoms with Crippen LogP contribution >= 0.6 is 0 Å². The molecule has 0 saturated carbocycles. The molecule has 3 N–H and O–H groups in total. The van der Waals surface area contributed by atoms with Gasteiger partial charge in [-0.3, -0.25) is 9.59 Å². The van der Waals surface area contributed by atoms with E-state index in [1.54, 1.807) is 13.0 Å². The van der Waals surface area contributed by atoms with Crippen molar-refractivity contribution >= 4 is 22.8 Å². The fourth-order valence-electron chi connectivity index (χ4n) is 4.12. The Hall–Kier alpha value is -4.13. The molecule has 0 bridgehead atoms. The fourth-order valence-corrected chi connectivity index (χ4v) is 4.12. The molecule has 0 radical (unpaired) electrons. The highest BCUT2D eigenvalue weighted by Crippen LogP contribution is 2.28. The molecule has 0 unspecified atom stereocenters. The Morgan fingerprint density at radius 3 is 2.57 bits per heavy atom. The molecule has 0 aliphatic heterocycles. The number of rotatable bonds is 8. The van der Waals surface area contributed by atoms with Crippen LogP contribution in [0.5, 0.6) is 11.5 Å². The zero-order valence-electron chi connectivity index (χ0n) is 19.8. The second-order valence-corrected chi connectivity index (χ2v) is 8.67. The van der Waals surface area contributed by atoms with E-state index in [-0.39, 0.29) is 24.2 Å². The Morgan fingerprint density at radius 2 is 1.83 bits per heavy atom. The second kappa shape index (κ2) is 10.0. The van der Waals surface area contributed by atoms with Crippen molar-refractivity contribution in [1.29, 1.82) is 0 Å². The zero-order valence-corrected chi connectivity index (χ0v) is 19.8. The van der Waals surface area contributed by atoms with E-state index >= 15 is 0 Å². The molecule has 35 heavy (non-hydrogen) atoms. The molecule has 0 aliphatic carbocycles. The van der Waals surface area contributed by atoms with E-state index in [1.165, 1.54) is 12.1 Å². The third kappa shape index (κ3) is 5.51. The molecular weight excluding hydrogens is 447 g/mol. The van der Waals surface area contributed by atoms with Crippen molar-refractivity contribution in [3.63, 3.8) is 0 Å². The Bertz CT molecular complexity index is 1410. The minimum absolute atomic E-state index is 0.0849. The number of carboxylic acid groups (broad SMARTS) is 1. The normalized spacial score (nSPS) is 11.9. The van der Waals surface area contributed by atoms with Crippen LogP contribution in [0.1, 0.15) is 52.1 Å². The standard InChI is InChI=1S/C28H27FN2O4/c1-16-13-23(10-7-19(16)8-12-26(32)33)35-22-6-4-5-20(14-22)18(3)30-28(34)27-17(2)24-15-21(29)9-11-25(24)31-27/h4-7,9-11,13-15,18,31H,8,12H2,1-3H3,(H,30,34)(H,32,33)/t18-/m1/s1. The van der Waals surface area contributed by atoms with Gasteiger partial charge in [-0.25, -0.2) is 4.39 Å². The average Bonchev–Trinajstić information content (AvgIpc) is 3.14. The lowest BCUT2D eigenvalue weighted by Crippen LogP contribution is -2.27. The third-order valence-electron chi connectivity index (χ3n) is 6.11. The molecule has 1 aromatic heterocycles. The second-order valence-electron chi connectivity index (χ2n) is 8.67. The van der Waals surface area contributed by atoms with Crippen molar-refractivity contribution in [3.05, 3.63) is 94.4 Å². The van der Waals surface area contributed by atoms with E-state index in [1.807, 2.05) is 56.3 Å². The number of H-pyrrole nitrogens is 1. The monoisotopic (exact) mass is 474 g/mol. The van der Waals surface area contributed by atoms with Crippen molar-refractivity contribution in [2.75, 3.05) is 0 Å². The summed E-state index contributed by atoms with van der Waals surface area (Å²) >= 11 is 0. The zero-order chi connectivity index (χ0) is 25.1. The highest BCUT2D eigenvalue weighted by Gasteiger charge is 2.18. The number of carboxylic acids is 1. The summed E-state index contributed by atoms with van der Waals surface area (Å²) in [5, 5.41) is 12.6. The van der Waals surface area contributed by atoms with Gasteiger partial charge in [0.05, 0.1) is 6.04 Å². The summed E-state index contributed by atoms with van der Waals surface area (Å²) < 4.78 is 19.6. The van der Waals surface area contributed by atoms with Crippen LogP contribution in [0.15, 0.2) is 60.7 Å². The Morgan fingerprint density at radius 1 is 1.06 bits per heavy atom. The smallest absolute Gasteiger partial charge is 0.303 e. The van der Waals surface area contributed by atoms with Gasteiger partial charge in [-0.1, -0.05) is 18.2 Å². The number of benzene rings is 3. The van der Waals surface area contributed by atoms with Crippen molar-refractivity contribution in [2.45, 2.75) is 39.7 Å². The molecule has 1 heterocycles. The average molecular weight is 475 g/mol. The van der Waals surface area contributed by atoms with Crippen LogP contribution < -0.4 is 10.1 Å². The summed E-state index contributed by atoms with van der Waals surface area (Å²) in [5.41, 5.74) is 4.62. The van der Waals surface area contributed by atoms with E-state index in [4.69, 9.17) is 9.84 Å². The van der Waals surface area contributed by atoms with Gasteiger partial charge in [0.2, 0.25) is 0 Å². The summed E-state index contributed by atoms with van der Waals surface area (Å²) in [6, 6.07) is 17.2. The van der Waals surface area contributed by atoms with Gasteiger partial charge in [-0.05, 0) is 91.9 Å². The van der Waals surface area contributed by atoms with E-state index in [0.717, 1.165) is 16.7 Å². The van der Waals surface area contributed by atoms with Crippen molar-refractivity contribution in [1.82, 2.24) is 10.3 Å². The molecule has 4 aromatic rings. The number of halogens is 1. The summed E-state index contributed by atoms with van der Waals surface area (Å²) in [5.74, 6) is -0.168. The first-order chi connectivity index (χ1) is 16.7. The Kier molecular flexibility index (Phi) is 6.87. The number of hydrogen-bond acceptors (Lipinski definition) is 3. The minimum Gasteiger partial charge on any atom is -0.481 e. The van der Waals surface area contributed by atoms with Crippen LogP contribution in [0, 0.1) is 19.7 Å². The summed E-state index contributed by atoms with van der Waals surface area (Å²) in [6.45, 7) is 5.61. The summed E-state index contributed by atoms with van der Waals surface area (Å²) in [4.78, 5) is 26.9. The number of aromatic amines is 1. The number of aliphatic carboxylic acids is 1. The van der Waals surface area contributed by atoms with E-state index in [0.29, 0.717) is 40.1 Å². The predicted octanol–water partition coefficient (Wildman–Crippen LogP) is 6.22. The van der Waals surface area contributed by atoms with Crippen LogP contribution in [-0.4, -0.2) is 22.0 Å². The Balaban J connectivity index is 1.46. The predicted molar refractivity (Wildman–Crippen MR) is 133 cm³/mol. The number of hydrogen-bond donors (Lipinski definition) is 3. The van der Waals surface area contributed by atoms with Crippen molar-refractivity contribution in [3.8, 4) is 11.5 Å². The van der Waals surface area contributed by atoms with E-state index < -0.39 is 5.97 Å². The summed E-state index contributed by atoms with van der Waals surface area (Å²) in [6.07, 6.45) is 0.556. The fraction of sp³-hybridized carbons (Fsp3) is 0.214. The highest BCUT2D eigenvalue weighted by molar-refractivity contribution is 6.01. The first-order valence-corrected chi connectivity index (χ1v) is 11.4. The SMILES string of the molecule is Cc1cc(Oc2cccc([C@@H](C)NC(=O)c3[nH]c4ccc(F)cc4c3C)c2)ccc1CCC(=O)O. The molecule has 7 heteroatoms. The number of fused-ring (bicyclic) bond motifs is 1. The van der Waals surface area contributed by atoms with Gasteiger partial charge in [0.1, 0.15) is 23.0 Å². The first-order valence-electron chi connectivity index (χ1n) is 11.4. The number of aryl methyl sites for hydroxylation is 3.